The minimum Gasteiger partial charge on any atom is -0.394 e. The second-order valence-corrected chi connectivity index (χ2v) is 19.7. The molecule has 0 heterocycles. The van der Waals surface area contributed by atoms with Crippen molar-refractivity contribution in [2.24, 2.45) is 0 Å². The molecule has 0 radical (unpaired) electrons. The number of allylic oxidation sites excluding steroid dienone is 3. The van der Waals surface area contributed by atoms with Gasteiger partial charge in [-0.1, -0.05) is 295 Å². The third-order valence-corrected chi connectivity index (χ3v) is 13.4. The van der Waals surface area contributed by atoms with Gasteiger partial charge in [0, 0.05) is 6.42 Å². The second kappa shape index (κ2) is 54.2. The van der Waals surface area contributed by atoms with Crippen LogP contribution in [0.2, 0.25) is 0 Å². The Kier molecular flexibility index (Phi) is 53.2. The molecule has 0 bridgehead atoms. The van der Waals surface area contributed by atoms with Gasteiger partial charge in [-0.05, 0) is 44.9 Å². The monoisotopic (exact) mass is 872 g/mol. The summed E-state index contributed by atoms with van der Waals surface area (Å²) in [5.41, 5.74) is 0. The number of aliphatic hydroxyl groups is 2. The van der Waals surface area contributed by atoms with E-state index >= 15 is 0 Å². The Balaban J connectivity index is 3.43. The molecule has 0 aliphatic heterocycles. The van der Waals surface area contributed by atoms with E-state index in [2.05, 4.69) is 31.3 Å². The van der Waals surface area contributed by atoms with Gasteiger partial charge in [-0.2, -0.15) is 0 Å². The van der Waals surface area contributed by atoms with Crippen LogP contribution in [0.1, 0.15) is 322 Å². The van der Waals surface area contributed by atoms with E-state index in [9.17, 15) is 15.0 Å². The normalized spacial score (nSPS) is 12.9. The van der Waals surface area contributed by atoms with Gasteiger partial charge >= 0.3 is 0 Å². The van der Waals surface area contributed by atoms with Crippen molar-refractivity contribution in [2.45, 2.75) is 334 Å². The Morgan fingerprint density at radius 2 is 0.613 bits per heavy atom. The standard InChI is InChI=1S/C58H113NO3/c1-3-5-7-9-11-13-15-17-19-21-23-24-25-26-27-28-29-30-31-32-33-34-35-36-38-40-42-44-46-48-50-52-54-58(62)59-56(55-60)57(61)53-51-49-47-45-43-41-39-37-22-20-18-16-14-12-10-8-6-4-2/h26-27,51,53,56-57,60-61H,3-25,28-50,52,54-55H2,1-2H3,(H,59,62)/b27-26-,53-51+. The summed E-state index contributed by atoms with van der Waals surface area (Å²) in [5, 5.41) is 23.2. The molecule has 2 unspecified atom stereocenters. The van der Waals surface area contributed by atoms with Crippen LogP contribution in [0.25, 0.3) is 0 Å². The summed E-state index contributed by atoms with van der Waals surface area (Å²) >= 11 is 0. The van der Waals surface area contributed by atoms with Crippen LogP contribution in [0, 0.1) is 0 Å². The van der Waals surface area contributed by atoms with E-state index in [4.69, 9.17) is 0 Å². The first-order valence-electron chi connectivity index (χ1n) is 28.6. The van der Waals surface area contributed by atoms with Crippen LogP contribution in [0.15, 0.2) is 24.3 Å². The van der Waals surface area contributed by atoms with Crippen LogP contribution >= 0.6 is 0 Å². The predicted molar refractivity (Wildman–Crippen MR) is 276 cm³/mol. The van der Waals surface area contributed by atoms with Gasteiger partial charge in [0.25, 0.3) is 0 Å². The summed E-state index contributed by atoms with van der Waals surface area (Å²) in [7, 11) is 0. The summed E-state index contributed by atoms with van der Waals surface area (Å²) in [4.78, 5) is 12.5. The lowest BCUT2D eigenvalue weighted by molar-refractivity contribution is -0.123. The number of carbonyl (C=O) groups excluding carboxylic acids is 1. The van der Waals surface area contributed by atoms with Crippen molar-refractivity contribution < 1.29 is 15.0 Å². The number of nitrogens with one attached hydrogen (secondary N) is 1. The zero-order chi connectivity index (χ0) is 44.9. The lowest BCUT2D eigenvalue weighted by Gasteiger charge is -2.20. The van der Waals surface area contributed by atoms with E-state index in [1.165, 1.54) is 276 Å². The average molecular weight is 873 g/mol. The maximum Gasteiger partial charge on any atom is 0.220 e. The third-order valence-electron chi connectivity index (χ3n) is 13.4. The molecular weight excluding hydrogens is 759 g/mol. The summed E-state index contributed by atoms with van der Waals surface area (Å²) in [6.45, 7) is 4.34. The van der Waals surface area contributed by atoms with Crippen LogP contribution < -0.4 is 5.32 Å². The van der Waals surface area contributed by atoms with Crippen LogP contribution in [0.4, 0.5) is 0 Å². The summed E-state index contributed by atoms with van der Waals surface area (Å²) < 4.78 is 0. The molecule has 0 aliphatic rings. The molecule has 0 aromatic carbocycles. The maximum atomic E-state index is 12.5. The summed E-state index contributed by atoms with van der Waals surface area (Å²) in [6.07, 6.45) is 72.0. The Morgan fingerprint density at radius 3 is 0.887 bits per heavy atom. The molecule has 0 spiro atoms. The van der Waals surface area contributed by atoms with Crippen molar-refractivity contribution >= 4 is 5.91 Å². The smallest absolute Gasteiger partial charge is 0.220 e. The fraction of sp³-hybridized carbons (Fsp3) is 0.914. The Bertz CT molecular complexity index is 901. The molecule has 2 atom stereocenters. The summed E-state index contributed by atoms with van der Waals surface area (Å²) in [6, 6.07) is -0.620. The highest BCUT2D eigenvalue weighted by Gasteiger charge is 2.18. The topological polar surface area (TPSA) is 69.6 Å². The number of hydrogen-bond donors (Lipinski definition) is 3. The quantitative estimate of drug-likeness (QED) is 0.0421. The molecule has 0 fully saturated rings. The van der Waals surface area contributed by atoms with Gasteiger partial charge in [-0.3, -0.25) is 4.79 Å². The predicted octanol–water partition coefficient (Wildman–Crippen LogP) is 18.7. The SMILES string of the molecule is CCCCCCCCCCCCCC/C=C\CCCCCCCCCCCCCCCCCCC(=O)NC(CO)C(O)/C=C/CCCCCCCCCCCCCCCCCC. The highest BCUT2D eigenvalue weighted by molar-refractivity contribution is 5.76. The van der Waals surface area contributed by atoms with Crippen molar-refractivity contribution in [3.8, 4) is 0 Å². The molecule has 62 heavy (non-hydrogen) atoms. The number of amides is 1. The molecule has 0 rings (SSSR count). The Labute approximate surface area is 389 Å². The molecule has 0 aromatic heterocycles. The van der Waals surface area contributed by atoms with Crippen molar-refractivity contribution in [3.63, 3.8) is 0 Å². The van der Waals surface area contributed by atoms with Crippen molar-refractivity contribution in [1.82, 2.24) is 5.32 Å². The van der Waals surface area contributed by atoms with Gasteiger partial charge in [0.2, 0.25) is 5.91 Å². The Morgan fingerprint density at radius 1 is 0.371 bits per heavy atom. The van der Waals surface area contributed by atoms with E-state index in [0.717, 1.165) is 25.7 Å². The molecule has 1 amide bonds. The van der Waals surface area contributed by atoms with Gasteiger partial charge in [-0.25, -0.2) is 0 Å². The maximum absolute atomic E-state index is 12.5. The fourth-order valence-corrected chi connectivity index (χ4v) is 9.06. The molecule has 0 saturated heterocycles. The molecule has 0 saturated carbocycles. The lowest BCUT2D eigenvalue weighted by Crippen LogP contribution is -2.45. The van der Waals surface area contributed by atoms with Crippen LogP contribution in [-0.2, 0) is 4.79 Å². The van der Waals surface area contributed by atoms with E-state index in [1.807, 2.05) is 6.08 Å². The number of aliphatic hydroxyl groups excluding tert-OH is 2. The highest BCUT2D eigenvalue weighted by Crippen LogP contribution is 2.17. The first-order valence-corrected chi connectivity index (χ1v) is 28.6. The zero-order valence-electron chi connectivity index (χ0n) is 42.4. The molecule has 3 N–H and O–H groups in total. The van der Waals surface area contributed by atoms with E-state index in [-0.39, 0.29) is 12.5 Å². The number of carbonyl (C=O) groups is 1. The van der Waals surface area contributed by atoms with Crippen LogP contribution in [-0.4, -0.2) is 34.9 Å². The molecule has 0 aliphatic carbocycles. The highest BCUT2D eigenvalue weighted by atomic mass is 16.3. The fourth-order valence-electron chi connectivity index (χ4n) is 9.06. The zero-order valence-corrected chi connectivity index (χ0v) is 42.4. The van der Waals surface area contributed by atoms with Gasteiger partial charge in [0.05, 0.1) is 18.8 Å². The molecule has 4 heteroatoms. The van der Waals surface area contributed by atoms with Crippen molar-refractivity contribution in [1.29, 1.82) is 0 Å². The van der Waals surface area contributed by atoms with Gasteiger partial charge in [0.15, 0.2) is 0 Å². The second-order valence-electron chi connectivity index (χ2n) is 19.7. The number of hydrogen-bond acceptors (Lipinski definition) is 3. The van der Waals surface area contributed by atoms with Gasteiger partial charge in [0.1, 0.15) is 0 Å². The molecule has 4 nitrogen and oxygen atoms in total. The first-order chi connectivity index (χ1) is 30.7. The average Bonchev–Trinajstić information content (AvgIpc) is 3.28. The van der Waals surface area contributed by atoms with Crippen molar-refractivity contribution in [3.05, 3.63) is 24.3 Å². The van der Waals surface area contributed by atoms with Crippen molar-refractivity contribution in [2.75, 3.05) is 6.61 Å². The largest absolute Gasteiger partial charge is 0.394 e. The van der Waals surface area contributed by atoms with Crippen LogP contribution in [0.5, 0.6) is 0 Å². The first kappa shape index (κ1) is 60.9. The third kappa shape index (κ3) is 49.9. The van der Waals surface area contributed by atoms with Gasteiger partial charge in [-0.15, -0.1) is 0 Å². The van der Waals surface area contributed by atoms with E-state index in [0.29, 0.717) is 6.42 Å². The van der Waals surface area contributed by atoms with E-state index in [1.54, 1.807) is 6.08 Å². The summed E-state index contributed by atoms with van der Waals surface area (Å²) in [5.74, 6) is -0.0580. The van der Waals surface area contributed by atoms with Crippen LogP contribution in [0.3, 0.4) is 0 Å². The Hall–Kier alpha value is -1.13. The minimum atomic E-state index is -0.837. The minimum absolute atomic E-state index is 0.0580. The molecule has 0 aromatic rings. The number of rotatable bonds is 53. The van der Waals surface area contributed by atoms with E-state index < -0.39 is 12.1 Å². The molecular formula is C58H113NO3. The van der Waals surface area contributed by atoms with Gasteiger partial charge < -0.3 is 15.5 Å². The number of unbranched alkanes of at least 4 members (excludes halogenated alkanes) is 44. The lowest BCUT2D eigenvalue weighted by atomic mass is 10.0. The molecule has 368 valence electrons.